The summed E-state index contributed by atoms with van der Waals surface area (Å²) in [5, 5.41) is 19.8. The summed E-state index contributed by atoms with van der Waals surface area (Å²) in [6.07, 6.45) is 1.47. The Morgan fingerprint density at radius 2 is 2.00 bits per heavy atom. The van der Waals surface area contributed by atoms with E-state index in [0.717, 1.165) is 54.1 Å². The van der Waals surface area contributed by atoms with Gasteiger partial charge in [0.25, 0.3) is 0 Å². The van der Waals surface area contributed by atoms with E-state index in [2.05, 4.69) is 29.1 Å². The predicted octanol–water partition coefficient (Wildman–Crippen LogP) is 3.53. The summed E-state index contributed by atoms with van der Waals surface area (Å²) >= 11 is 0. The number of likely N-dealkylation sites (tertiary alicyclic amines) is 1. The fourth-order valence-electron chi connectivity index (χ4n) is 4.01. The molecular formula is C21H29N3O2. The first-order valence-corrected chi connectivity index (χ1v) is 9.20. The van der Waals surface area contributed by atoms with Crippen molar-refractivity contribution in [1.82, 2.24) is 15.1 Å². The number of methoxy groups -OCH3 is 1. The van der Waals surface area contributed by atoms with Gasteiger partial charge in [-0.2, -0.15) is 5.10 Å². The van der Waals surface area contributed by atoms with E-state index in [-0.39, 0.29) is 5.41 Å². The molecular weight excluding hydrogens is 326 g/mol. The molecule has 1 aliphatic heterocycles. The number of aliphatic hydroxyl groups excluding tert-OH is 1. The number of hydrogen-bond acceptors (Lipinski definition) is 5. The zero-order chi connectivity index (χ0) is 18.9. The lowest BCUT2D eigenvalue weighted by molar-refractivity contribution is -0.0174. The maximum atomic E-state index is 11.0. The van der Waals surface area contributed by atoms with Gasteiger partial charge in [-0.05, 0) is 69.6 Å². The number of aryl methyl sites for hydroxylation is 2. The Morgan fingerprint density at radius 1 is 1.23 bits per heavy atom. The van der Waals surface area contributed by atoms with Crippen LogP contribution in [0.25, 0.3) is 11.3 Å². The standard InChI is InChI=1S/C21H29N3O2/c1-14-7-8-16(18(11-14)26-5)19-15(2)12-17(22-23-19)20(25)21(3)9-6-10-24(4)13-21/h7-8,11-12,20,25H,6,9-10,13H2,1-5H3/t20-,21+/m0/s1. The molecule has 1 aromatic carbocycles. The second kappa shape index (κ2) is 7.33. The Balaban J connectivity index is 1.93. The molecule has 5 heteroatoms. The van der Waals surface area contributed by atoms with Crippen LogP contribution in [0.4, 0.5) is 0 Å². The number of rotatable bonds is 4. The molecule has 1 N–H and O–H groups in total. The maximum absolute atomic E-state index is 11.0. The molecule has 0 unspecified atom stereocenters. The van der Waals surface area contributed by atoms with Crippen molar-refractivity contribution in [3.63, 3.8) is 0 Å². The first-order valence-electron chi connectivity index (χ1n) is 9.20. The van der Waals surface area contributed by atoms with Crippen molar-refractivity contribution in [3.8, 4) is 17.0 Å². The summed E-state index contributed by atoms with van der Waals surface area (Å²) in [5.74, 6) is 0.788. The number of benzene rings is 1. The normalized spacial score (nSPS) is 22.2. The van der Waals surface area contributed by atoms with Crippen molar-refractivity contribution in [2.24, 2.45) is 5.41 Å². The smallest absolute Gasteiger partial charge is 0.128 e. The van der Waals surface area contributed by atoms with Gasteiger partial charge in [-0.15, -0.1) is 5.10 Å². The van der Waals surface area contributed by atoms with Crippen molar-refractivity contribution in [2.45, 2.75) is 39.7 Å². The highest BCUT2D eigenvalue weighted by Crippen LogP contribution is 2.41. The molecule has 0 aliphatic carbocycles. The zero-order valence-electron chi connectivity index (χ0n) is 16.4. The highest BCUT2D eigenvalue weighted by Gasteiger charge is 2.38. The van der Waals surface area contributed by atoms with Crippen LogP contribution in [0.3, 0.4) is 0 Å². The average Bonchev–Trinajstić information content (AvgIpc) is 2.61. The lowest BCUT2D eigenvalue weighted by atomic mass is 9.76. The molecule has 26 heavy (non-hydrogen) atoms. The molecule has 1 fully saturated rings. The Bertz CT molecular complexity index is 793. The van der Waals surface area contributed by atoms with Gasteiger partial charge in [-0.1, -0.05) is 13.0 Å². The summed E-state index contributed by atoms with van der Waals surface area (Å²) in [6, 6.07) is 8.02. The minimum absolute atomic E-state index is 0.197. The molecule has 0 amide bonds. The van der Waals surface area contributed by atoms with E-state index in [4.69, 9.17) is 4.74 Å². The van der Waals surface area contributed by atoms with Crippen molar-refractivity contribution < 1.29 is 9.84 Å². The van der Waals surface area contributed by atoms with Crippen LogP contribution in [0.15, 0.2) is 24.3 Å². The Kier molecular flexibility index (Phi) is 5.30. The first-order chi connectivity index (χ1) is 12.3. The molecule has 0 spiro atoms. The number of aromatic nitrogens is 2. The fraction of sp³-hybridized carbons (Fsp3) is 0.524. The third-order valence-corrected chi connectivity index (χ3v) is 5.47. The molecule has 0 bridgehead atoms. The quantitative estimate of drug-likeness (QED) is 0.909. The van der Waals surface area contributed by atoms with Gasteiger partial charge in [0.2, 0.25) is 0 Å². The first kappa shape index (κ1) is 18.8. The lowest BCUT2D eigenvalue weighted by Gasteiger charge is -2.41. The van der Waals surface area contributed by atoms with Gasteiger partial charge < -0.3 is 14.7 Å². The maximum Gasteiger partial charge on any atom is 0.128 e. The molecule has 2 atom stereocenters. The van der Waals surface area contributed by atoms with Crippen molar-refractivity contribution >= 4 is 0 Å². The second-order valence-corrected chi connectivity index (χ2v) is 7.90. The predicted molar refractivity (Wildman–Crippen MR) is 103 cm³/mol. The Morgan fingerprint density at radius 3 is 2.65 bits per heavy atom. The summed E-state index contributed by atoms with van der Waals surface area (Å²) in [6.45, 7) is 8.13. The summed E-state index contributed by atoms with van der Waals surface area (Å²) in [5.41, 5.74) is 4.30. The van der Waals surface area contributed by atoms with Crippen LogP contribution < -0.4 is 4.74 Å². The average molecular weight is 355 g/mol. The monoisotopic (exact) mass is 355 g/mol. The van der Waals surface area contributed by atoms with Crippen molar-refractivity contribution in [1.29, 1.82) is 0 Å². The van der Waals surface area contributed by atoms with Crippen LogP contribution in [0.2, 0.25) is 0 Å². The summed E-state index contributed by atoms with van der Waals surface area (Å²) in [4.78, 5) is 2.28. The van der Waals surface area contributed by atoms with Gasteiger partial charge in [0.05, 0.1) is 18.5 Å². The molecule has 3 rings (SSSR count). The van der Waals surface area contributed by atoms with Crippen molar-refractivity contribution in [3.05, 3.63) is 41.1 Å². The molecule has 2 heterocycles. The molecule has 0 radical (unpaired) electrons. The number of nitrogens with zero attached hydrogens (tertiary/aromatic N) is 3. The Hall–Kier alpha value is -1.98. The van der Waals surface area contributed by atoms with Crippen LogP contribution >= 0.6 is 0 Å². The zero-order valence-corrected chi connectivity index (χ0v) is 16.4. The van der Waals surface area contributed by atoms with Crippen molar-refractivity contribution in [2.75, 3.05) is 27.2 Å². The van der Waals surface area contributed by atoms with E-state index in [1.54, 1.807) is 7.11 Å². The minimum atomic E-state index is -0.620. The SMILES string of the molecule is COc1cc(C)ccc1-c1nnc([C@H](O)[C@]2(C)CCCN(C)C2)cc1C. The molecule has 0 saturated carbocycles. The molecule has 1 aliphatic rings. The van der Waals surface area contributed by atoms with Gasteiger partial charge in [-0.3, -0.25) is 0 Å². The number of aliphatic hydroxyl groups is 1. The molecule has 1 aromatic heterocycles. The van der Waals surface area contributed by atoms with Gasteiger partial charge >= 0.3 is 0 Å². The van der Waals surface area contributed by atoms with E-state index in [1.165, 1.54) is 0 Å². The molecule has 5 nitrogen and oxygen atoms in total. The number of piperidine rings is 1. The van der Waals surface area contributed by atoms with Gasteiger partial charge in [0.1, 0.15) is 11.9 Å². The van der Waals surface area contributed by atoms with E-state index in [0.29, 0.717) is 5.69 Å². The second-order valence-electron chi connectivity index (χ2n) is 7.90. The third kappa shape index (κ3) is 3.60. The van der Waals surface area contributed by atoms with Crippen LogP contribution in [0, 0.1) is 19.3 Å². The van der Waals surface area contributed by atoms with E-state index in [9.17, 15) is 5.11 Å². The largest absolute Gasteiger partial charge is 0.496 e. The minimum Gasteiger partial charge on any atom is -0.496 e. The van der Waals surface area contributed by atoms with Crippen LogP contribution in [-0.2, 0) is 0 Å². The van der Waals surface area contributed by atoms with Gasteiger partial charge in [0.15, 0.2) is 0 Å². The van der Waals surface area contributed by atoms with Crippen LogP contribution in [0.1, 0.15) is 42.7 Å². The fourth-order valence-corrected chi connectivity index (χ4v) is 4.01. The highest BCUT2D eigenvalue weighted by atomic mass is 16.5. The number of hydrogen-bond donors (Lipinski definition) is 1. The Labute approximate surface area is 156 Å². The van der Waals surface area contributed by atoms with Gasteiger partial charge in [0, 0.05) is 17.5 Å². The molecule has 1 saturated heterocycles. The summed E-state index contributed by atoms with van der Waals surface area (Å²) < 4.78 is 5.51. The third-order valence-electron chi connectivity index (χ3n) is 5.47. The van der Waals surface area contributed by atoms with E-state index in [1.807, 2.05) is 38.1 Å². The highest BCUT2D eigenvalue weighted by molar-refractivity contribution is 5.70. The molecule has 2 aromatic rings. The lowest BCUT2D eigenvalue weighted by Crippen LogP contribution is -2.43. The van der Waals surface area contributed by atoms with E-state index >= 15 is 0 Å². The van der Waals surface area contributed by atoms with Gasteiger partial charge in [-0.25, -0.2) is 0 Å². The molecule has 140 valence electrons. The van der Waals surface area contributed by atoms with Crippen LogP contribution in [-0.4, -0.2) is 47.5 Å². The van der Waals surface area contributed by atoms with E-state index < -0.39 is 6.10 Å². The summed E-state index contributed by atoms with van der Waals surface area (Å²) in [7, 11) is 3.77. The van der Waals surface area contributed by atoms with Crippen LogP contribution in [0.5, 0.6) is 5.75 Å². The topological polar surface area (TPSA) is 58.5 Å². The number of ether oxygens (including phenoxy) is 1.